The Morgan fingerprint density at radius 3 is 1.53 bits per heavy atom. The molecule has 0 amide bonds. The Morgan fingerprint density at radius 1 is 0.688 bits per heavy atom. The number of rotatable bonds is 6. The number of hydrogen-bond donors (Lipinski definition) is 2. The summed E-state index contributed by atoms with van der Waals surface area (Å²) in [5.74, 6) is 0.374. The normalized spacial score (nSPS) is 10.2. The van der Waals surface area contributed by atoms with Crippen molar-refractivity contribution in [1.82, 2.24) is 68.6 Å². The van der Waals surface area contributed by atoms with Crippen LogP contribution in [0, 0.1) is 0 Å². The molecule has 9 rings (SSSR count). The molecule has 21 nitrogen and oxygen atoms in total. The van der Waals surface area contributed by atoms with Gasteiger partial charge in [0.15, 0.2) is 39.7 Å². The topological polar surface area (TPSA) is 255 Å². The molecule has 3 N–H and O–H groups in total. The van der Waals surface area contributed by atoms with E-state index in [4.69, 9.17) is 59.3 Å². The lowest BCUT2D eigenvalue weighted by Crippen LogP contribution is -2.13. The largest absolute Gasteiger partial charge is 0.464 e. The highest BCUT2D eigenvalue weighted by molar-refractivity contribution is 9.09. The first-order chi connectivity index (χ1) is 30.8. The Kier molecular flexibility index (Phi) is 24.3. The van der Waals surface area contributed by atoms with Crippen molar-refractivity contribution < 1.29 is 28.3 Å². The zero-order chi connectivity index (χ0) is 46.9. The summed E-state index contributed by atoms with van der Waals surface area (Å²) in [5.41, 5.74) is 10.1. The van der Waals surface area contributed by atoms with E-state index in [1.165, 1.54) is 11.6 Å². The molecule has 0 aromatic carbocycles. The lowest BCUT2D eigenvalue weighted by atomic mass is 10.4. The number of carbonyl (C=O) groups is 1. The van der Waals surface area contributed by atoms with Gasteiger partial charge in [0.1, 0.15) is 11.0 Å². The van der Waals surface area contributed by atoms with E-state index in [2.05, 4.69) is 92.6 Å². The van der Waals surface area contributed by atoms with Gasteiger partial charge in [-0.05, 0) is 60.7 Å². The van der Waals surface area contributed by atoms with Crippen LogP contribution in [-0.4, -0.2) is 117 Å². The molecule has 0 aliphatic carbocycles. The summed E-state index contributed by atoms with van der Waals surface area (Å²) in [7, 11) is 11.9. The minimum absolute atomic E-state index is 0.0336. The minimum atomic E-state index is -1.67. The third-order valence-corrected chi connectivity index (χ3v) is 8.30. The Labute approximate surface area is 399 Å². The predicted molar refractivity (Wildman–Crippen MR) is 247 cm³/mol. The van der Waals surface area contributed by atoms with Crippen LogP contribution in [-0.2, 0) is 35.9 Å². The summed E-state index contributed by atoms with van der Waals surface area (Å²) >= 11 is 19.8. The molecular weight excluding hydrogens is 1030 g/mol. The van der Waals surface area contributed by atoms with Crippen LogP contribution in [0.4, 0.5) is 5.82 Å². The van der Waals surface area contributed by atoms with Crippen molar-refractivity contribution >= 4 is 116 Å². The maximum absolute atomic E-state index is 11.1. The fourth-order valence-electron chi connectivity index (χ4n) is 4.23. The second-order valence-electron chi connectivity index (χ2n) is 11.2. The van der Waals surface area contributed by atoms with Gasteiger partial charge in [0.2, 0.25) is 9.23 Å². The monoisotopic (exact) mass is 1060 g/mol. The quantitative estimate of drug-likeness (QED) is 0.0797. The number of alkyl halides is 2. The van der Waals surface area contributed by atoms with Gasteiger partial charge >= 0.3 is 5.97 Å². The minimum Gasteiger partial charge on any atom is -0.464 e. The van der Waals surface area contributed by atoms with Crippen LogP contribution in [0.25, 0.3) is 22.6 Å². The number of imidazole rings is 4. The Hall–Kier alpha value is -5.21. The summed E-state index contributed by atoms with van der Waals surface area (Å²) in [5, 5.41) is 33.4. The van der Waals surface area contributed by atoms with Crippen molar-refractivity contribution in [3.05, 3.63) is 138 Å². The van der Waals surface area contributed by atoms with Crippen LogP contribution >= 0.6 is 72.1 Å². The van der Waals surface area contributed by atoms with Gasteiger partial charge in [0, 0.05) is 85.2 Å². The number of ether oxygens (including phenoxy) is 3. The highest BCUT2D eigenvalue weighted by Crippen LogP contribution is 2.06. The van der Waals surface area contributed by atoms with Crippen molar-refractivity contribution in [3.63, 3.8) is 0 Å². The molecule has 0 saturated carbocycles. The standard InChI is InChI=1S/C8H7N3O2.C7H6ClN3.C7H7N3O.C6H4ClN3.C4H9BrO2.C4H4ClN3.Cl2OS/c1-13-8(12)6-2-3-7-9-4-5-11(7)10-6;8-5-6-1-2-7-9-3-4-11(7)10-6;11-5-6-1-2-7-8-3-4-10(7)9-6;7-5-1-2-6-8-3-4-10(6)9-5;1-6-4(3-5)7-2;5-3-1-2-4(6)8-7-3;1-4(2)3/h2-5H,1H3;1-4H,5H2;1-4,11H,5H2;1-4H;4H,3H2,1-2H3;1-2H,(H2,6,8);. The van der Waals surface area contributed by atoms with Crippen molar-refractivity contribution in [2.75, 3.05) is 32.4 Å². The van der Waals surface area contributed by atoms with Gasteiger partial charge in [0.25, 0.3) is 0 Å². The third kappa shape index (κ3) is 18.9. The van der Waals surface area contributed by atoms with Crippen LogP contribution in [0.1, 0.15) is 21.9 Å². The number of methoxy groups -OCH3 is 3. The van der Waals surface area contributed by atoms with E-state index in [1.807, 2.05) is 24.3 Å². The summed E-state index contributed by atoms with van der Waals surface area (Å²) in [6, 6.07) is 17.3. The molecule has 340 valence electrons. The molecule has 0 radical (unpaired) electrons. The van der Waals surface area contributed by atoms with E-state index < -0.39 is 15.2 Å². The third-order valence-electron chi connectivity index (χ3n) is 7.10. The van der Waals surface area contributed by atoms with Crippen molar-refractivity contribution in [3.8, 4) is 0 Å². The number of aliphatic hydroxyl groups is 1. The molecule has 9 aromatic rings. The summed E-state index contributed by atoms with van der Waals surface area (Å²) in [4.78, 5) is 27.1. The number of carbonyl (C=O) groups excluding carboxylic acids is 1. The molecule has 9 aromatic heterocycles. The number of nitrogen functional groups attached to an aromatic ring is 1. The Morgan fingerprint density at radius 2 is 1.12 bits per heavy atom. The first-order valence-corrected chi connectivity index (χ1v) is 22.8. The molecule has 0 aliphatic rings. The number of aliphatic hydroxyl groups excluding tert-OH is 1. The lowest BCUT2D eigenvalue weighted by Gasteiger charge is -2.07. The zero-order valence-electron chi connectivity index (χ0n) is 33.6. The van der Waals surface area contributed by atoms with E-state index in [9.17, 15) is 4.79 Å². The zero-order valence-corrected chi connectivity index (χ0v) is 39.8. The van der Waals surface area contributed by atoms with Crippen LogP contribution in [0.5, 0.6) is 0 Å². The molecule has 0 bridgehead atoms. The molecule has 0 aliphatic heterocycles. The molecule has 0 saturated heterocycles. The Bertz CT molecular complexity index is 2660. The smallest absolute Gasteiger partial charge is 0.358 e. The number of nitrogens with two attached hydrogens (primary N) is 1. The number of anilines is 1. The number of fused-ring (bicyclic) bond motifs is 4. The van der Waals surface area contributed by atoms with E-state index in [0.717, 1.165) is 28.0 Å². The van der Waals surface area contributed by atoms with E-state index in [1.54, 1.807) is 114 Å². The fourth-order valence-corrected chi connectivity index (χ4v) is 5.15. The van der Waals surface area contributed by atoms with Crippen molar-refractivity contribution in [2.45, 2.75) is 18.8 Å². The second-order valence-corrected chi connectivity index (χ2v) is 15.5. The van der Waals surface area contributed by atoms with Crippen molar-refractivity contribution in [1.29, 1.82) is 0 Å². The first-order valence-electron chi connectivity index (χ1n) is 17.5. The molecule has 0 unspecified atom stereocenters. The number of halogens is 6. The summed E-state index contributed by atoms with van der Waals surface area (Å²) in [6.07, 6.45) is 13.5. The highest BCUT2D eigenvalue weighted by Gasteiger charge is 2.07. The number of hydrogen-bond acceptors (Lipinski definition) is 17. The molecule has 0 fully saturated rings. The second kappa shape index (κ2) is 29.3. The Balaban J connectivity index is 0.000000203. The summed E-state index contributed by atoms with van der Waals surface area (Å²) in [6.45, 7) is -0.0336. The van der Waals surface area contributed by atoms with Gasteiger partial charge in [-0.1, -0.05) is 39.1 Å². The first kappa shape index (κ1) is 53.1. The van der Waals surface area contributed by atoms with Gasteiger partial charge in [-0.3, -0.25) is 0 Å². The van der Waals surface area contributed by atoms with E-state index >= 15 is 0 Å². The van der Waals surface area contributed by atoms with Gasteiger partial charge in [-0.25, -0.2) is 47.0 Å². The maximum Gasteiger partial charge on any atom is 0.358 e. The van der Waals surface area contributed by atoms with Gasteiger partial charge < -0.3 is 25.1 Å². The number of esters is 1. The van der Waals surface area contributed by atoms with E-state index in [0.29, 0.717) is 33.3 Å². The fraction of sp³-hybridized carbons (Fsp3) is 0.194. The van der Waals surface area contributed by atoms with E-state index in [-0.39, 0.29) is 18.6 Å². The van der Waals surface area contributed by atoms with Crippen molar-refractivity contribution in [2.24, 2.45) is 0 Å². The van der Waals surface area contributed by atoms with Crippen LogP contribution in [0.2, 0.25) is 10.3 Å². The average Bonchev–Trinajstić information content (AvgIpc) is 4.16. The highest BCUT2D eigenvalue weighted by atomic mass is 79.9. The molecule has 9 heterocycles. The molecule has 28 heteroatoms. The molecule has 0 spiro atoms. The average molecular weight is 1070 g/mol. The van der Waals surface area contributed by atoms with Crippen LogP contribution < -0.4 is 5.73 Å². The number of nitrogens with zero attached hydrogens (tertiary/aromatic N) is 14. The maximum atomic E-state index is 11.1. The summed E-state index contributed by atoms with van der Waals surface area (Å²) < 4.78 is 29.7. The predicted octanol–water partition coefficient (Wildman–Crippen LogP) is 6.34. The molecule has 0 atom stereocenters. The van der Waals surface area contributed by atoms with Crippen LogP contribution in [0.15, 0.2) is 110 Å². The number of aromatic nitrogens is 14. The molecular formula is C36H37BrCl5N15O6S. The van der Waals surface area contributed by atoms with Crippen LogP contribution in [0.3, 0.4) is 0 Å². The van der Waals surface area contributed by atoms with Gasteiger partial charge in [-0.2, -0.15) is 20.4 Å². The SMILES string of the molecule is COC(=O)c1ccc2nccn2n1.COC(CBr)OC.ClCc1ccc2nccn2n1.Clc1ccc2nccn2n1.Nc1ccc(Cl)nn1.O=S(Cl)Cl.OCc1ccc2nccn2n1. The lowest BCUT2D eigenvalue weighted by molar-refractivity contribution is -0.0834. The molecule has 64 heavy (non-hydrogen) atoms. The van der Waals surface area contributed by atoms with Gasteiger partial charge in [-0.15, -0.1) is 21.8 Å². The van der Waals surface area contributed by atoms with Gasteiger partial charge in [0.05, 0.1) is 36.3 Å².